The standard InChI is InChI=1S/C67H107N9O13/c1-17-43(8)59-53(78)28-29-56(81)72(14)52(35-42(6)7)61(84)70-58(45(10)77)65(88)76-32-24-27-50(76)55(80)39-67(11,12)66(89)69-49(64(87)75-30-22-19-23-31-75)38-57(82)71(13)44(9)60(83)68-48(36-46-25-20-18-21-26-46)63(86)73(15)51(34-41(4)5)54(79)37-47(33-40(2)3)62(85)74(59)16/h18,20-21,25-26,40-45,47-52,58-59,77H,17,19,22-24,27-39H2,1-16H3,(H,68,83)(H,69,89)(H,70,84)/t43-,44-,45+,47+,48-,49-,50-,51-,52-,58-,59-/m0/s1. The smallest absolute Gasteiger partial charge is 0.248 e. The van der Waals surface area contributed by atoms with Crippen molar-refractivity contribution in [1.29, 1.82) is 0 Å². The van der Waals surface area contributed by atoms with Crippen LogP contribution in [-0.2, 0) is 64.0 Å². The number of fused-ring (bicyclic) bond motifs is 1. The summed E-state index contributed by atoms with van der Waals surface area (Å²) in [4.78, 5) is 183. The Balaban J connectivity index is 1.85. The molecule has 9 amide bonds. The number of piperidine rings is 1. The minimum Gasteiger partial charge on any atom is -0.391 e. The second-order valence-corrected chi connectivity index (χ2v) is 27.5. The number of amides is 9. The van der Waals surface area contributed by atoms with E-state index < -0.39 is 149 Å². The summed E-state index contributed by atoms with van der Waals surface area (Å²) in [5.74, 6) is -8.75. The normalized spacial score (nSPS) is 27.4. The highest BCUT2D eigenvalue weighted by atomic mass is 16.3. The fourth-order valence-electron chi connectivity index (χ4n) is 12.5. The van der Waals surface area contributed by atoms with Crippen molar-refractivity contribution in [3.05, 3.63) is 35.9 Å². The van der Waals surface area contributed by atoms with Gasteiger partial charge >= 0.3 is 0 Å². The summed E-state index contributed by atoms with van der Waals surface area (Å²) in [5, 5.41) is 19.5. The number of aliphatic hydroxyl groups is 1. The fourth-order valence-corrected chi connectivity index (χ4v) is 12.5. The number of carbonyl (C=O) groups excluding carboxylic acids is 12. The third-order valence-electron chi connectivity index (χ3n) is 18.2. The van der Waals surface area contributed by atoms with E-state index in [1.54, 1.807) is 35.2 Å². The van der Waals surface area contributed by atoms with Crippen LogP contribution in [0.15, 0.2) is 30.3 Å². The van der Waals surface area contributed by atoms with E-state index in [1.807, 2.05) is 55.4 Å². The van der Waals surface area contributed by atoms with Crippen LogP contribution in [0.25, 0.3) is 0 Å². The average molecular weight is 1250 g/mol. The molecule has 1 aromatic rings. The molecule has 22 heteroatoms. The van der Waals surface area contributed by atoms with Crippen LogP contribution in [0.3, 0.4) is 0 Å². The molecule has 89 heavy (non-hydrogen) atoms. The maximum Gasteiger partial charge on any atom is 0.248 e. The van der Waals surface area contributed by atoms with E-state index in [-0.39, 0.29) is 81.6 Å². The molecule has 3 heterocycles. The summed E-state index contributed by atoms with van der Waals surface area (Å²) in [6.45, 7) is 21.7. The van der Waals surface area contributed by atoms with Crippen molar-refractivity contribution in [2.24, 2.45) is 35.0 Å². The van der Waals surface area contributed by atoms with Crippen LogP contribution in [0.2, 0.25) is 0 Å². The summed E-state index contributed by atoms with van der Waals surface area (Å²) in [5.41, 5.74) is -0.826. The number of nitrogens with zero attached hydrogens (tertiary/aromatic N) is 6. The molecule has 0 aromatic heterocycles. The van der Waals surface area contributed by atoms with Crippen LogP contribution >= 0.6 is 0 Å². The molecule has 0 unspecified atom stereocenters. The van der Waals surface area contributed by atoms with Crippen molar-refractivity contribution in [3.63, 3.8) is 0 Å². The van der Waals surface area contributed by atoms with Crippen LogP contribution < -0.4 is 16.0 Å². The molecule has 4 rings (SSSR count). The topological polar surface area (TPSA) is 281 Å². The van der Waals surface area contributed by atoms with Crippen LogP contribution in [0.1, 0.15) is 179 Å². The average Bonchev–Trinajstić information content (AvgIpc) is 3.12. The number of hydrogen-bond donors (Lipinski definition) is 4. The highest BCUT2D eigenvalue weighted by Gasteiger charge is 2.45. The molecular weight excluding hydrogens is 1140 g/mol. The fraction of sp³-hybridized carbons (Fsp3) is 0.731. The van der Waals surface area contributed by atoms with E-state index in [9.17, 15) is 57.8 Å². The van der Waals surface area contributed by atoms with Crippen LogP contribution in [0.5, 0.6) is 0 Å². The van der Waals surface area contributed by atoms with E-state index in [1.165, 1.54) is 75.5 Å². The molecule has 22 nitrogen and oxygen atoms in total. The molecule has 498 valence electrons. The van der Waals surface area contributed by atoms with Gasteiger partial charge in [0.05, 0.1) is 36.1 Å². The van der Waals surface area contributed by atoms with Gasteiger partial charge < -0.3 is 50.5 Å². The number of Topliss-reactive ketones (excluding diaryl/α,β-unsaturated/α-hetero) is 3. The largest absolute Gasteiger partial charge is 0.391 e. The van der Waals surface area contributed by atoms with E-state index in [0.717, 1.165) is 11.3 Å². The molecule has 0 bridgehead atoms. The Morgan fingerprint density at radius 1 is 0.618 bits per heavy atom. The zero-order chi connectivity index (χ0) is 66.9. The number of likely N-dealkylation sites (N-methyl/N-ethyl adjacent to an activating group) is 4. The number of benzene rings is 1. The van der Waals surface area contributed by atoms with Gasteiger partial charge in [-0.3, -0.25) is 57.5 Å². The Morgan fingerprint density at radius 2 is 1.21 bits per heavy atom. The van der Waals surface area contributed by atoms with Crippen molar-refractivity contribution in [2.45, 2.75) is 234 Å². The summed E-state index contributed by atoms with van der Waals surface area (Å²) >= 11 is 0. The van der Waals surface area contributed by atoms with Crippen molar-refractivity contribution < 1.29 is 62.6 Å². The van der Waals surface area contributed by atoms with E-state index in [0.29, 0.717) is 44.3 Å². The molecule has 11 atom stereocenters. The van der Waals surface area contributed by atoms with Gasteiger partial charge in [0.15, 0.2) is 17.3 Å². The Kier molecular flexibility index (Phi) is 28.6. The number of hydrogen-bond acceptors (Lipinski definition) is 13. The number of rotatable bonds is 12. The van der Waals surface area contributed by atoms with Crippen molar-refractivity contribution >= 4 is 70.5 Å². The minimum absolute atomic E-state index is 0.00302. The van der Waals surface area contributed by atoms with Gasteiger partial charge in [-0.25, -0.2) is 0 Å². The molecule has 3 fully saturated rings. The van der Waals surface area contributed by atoms with Crippen molar-refractivity contribution in [1.82, 2.24) is 45.3 Å². The quantitative estimate of drug-likeness (QED) is 0.217. The second-order valence-electron chi connectivity index (χ2n) is 27.5. The molecule has 3 saturated heterocycles. The summed E-state index contributed by atoms with van der Waals surface area (Å²) in [6.07, 6.45) is 0.595. The Bertz CT molecular complexity index is 2660. The molecule has 0 saturated carbocycles. The van der Waals surface area contributed by atoms with Gasteiger partial charge in [-0.15, -0.1) is 0 Å². The summed E-state index contributed by atoms with van der Waals surface area (Å²) < 4.78 is 0. The summed E-state index contributed by atoms with van der Waals surface area (Å²) in [7, 11) is 5.82. The predicted molar refractivity (Wildman–Crippen MR) is 338 cm³/mol. The van der Waals surface area contributed by atoms with Gasteiger partial charge in [0.25, 0.3) is 0 Å². The van der Waals surface area contributed by atoms with Gasteiger partial charge in [-0.1, -0.05) is 106 Å². The Hall–Kier alpha value is -6.58. The molecule has 0 spiro atoms. The lowest BCUT2D eigenvalue weighted by atomic mass is 9.83. The van der Waals surface area contributed by atoms with Gasteiger partial charge in [0.1, 0.15) is 30.2 Å². The first kappa shape index (κ1) is 74.9. The third-order valence-corrected chi connectivity index (χ3v) is 18.2. The van der Waals surface area contributed by atoms with Gasteiger partial charge in [-0.2, -0.15) is 0 Å². The highest BCUT2D eigenvalue weighted by Crippen LogP contribution is 2.30. The molecule has 3 aliphatic heterocycles. The van der Waals surface area contributed by atoms with Gasteiger partial charge in [-0.05, 0) is 94.4 Å². The summed E-state index contributed by atoms with van der Waals surface area (Å²) in [6, 6.07) is -0.803. The van der Waals surface area contributed by atoms with Crippen molar-refractivity contribution in [3.8, 4) is 0 Å². The first-order valence-corrected chi connectivity index (χ1v) is 32.5. The molecule has 4 N–H and O–H groups in total. The first-order valence-electron chi connectivity index (χ1n) is 32.5. The molecular formula is C67H107N9O13. The van der Waals surface area contributed by atoms with E-state index in [2.05, 4.69) is 16.0 Å². The van der Waals surface area contributed by atoms with E-state index >= 15 is 4.79 Å². The minimum atomic E-state index is -1.56. The number of nitrogens with one attached hydrogen (secondary N) is 3. The van der Waals surface area contributed by atoms with Gasteiger partial charge in [0, 0.05) is 85.8 Å². The zero-order valence-corrected chi connectivity index (χ0v) is 56.2. The lowest BCUT2D eigenvalue weighted by Crippen LogP contribution is -2.59. The van der Waals surface area contributed by atoms with Crippen LogP contribution in [-0.4, -0.2) is 207 Å². The van der Waals surface area contributed by atoms with Gasteiger partial charge in [0.2, 0.25) is 53.2 Å². The third kappa shape index (κ3) is 20.7. The lowest BCUT2D eigenvalue weighted by Gasteiger charge is -2.36. The Labute approximate surface area is 529 Å². The monoisotopic (exact) mass is 1250 g/mol. The highest BCUT2D eigenvalue weighted by molar-refractivity contribution is 6.00. The zero-order valence-electron chi connectivity index (χ0n) is 56.2. The first-order chi connectivity index (χ1) is 41.6. The molecule has 0 aliphatic carbocycles. The second kappa shape index (κ2) is 34.0. The number of likely N-dealkylation sites (tertiary alicyclic amines) is 1. The van der Waals surface area contributed by atoms with Crippen molar-refractivity contribution in [2.75, 3.05) is 47.8 Å². The molecule has 1 aromatic carbocycles. The maximum absolute atomic E-state index is 15.1. The van der Waals surface area contributed by atoms with Crippen LogP contribution in [0, 0.1) is 35.0 Å². The van der Waals surface area contributed by atoms with Crippen LogP contribution in [0.4, 0.5) is 0 Å². The lowest BCUT2D eigenvalue weighted by molar-refractivity contribution is -0.148. The number of ketones is 3. The number of carbonyl (C=O) groups is 12. The molecule has 0 radical (unpaired) electrons. The van der Waals surface area contributed by atoms with E-state index in [4.69, 9.17) is 0 Å². The number of aliphatic hydroxyl groups excluding tert-OH is 1. The predicted octanol–water partition coefficient (Wildman–Crippen LogP) is 4.89. The SMILES string of the molecule is CC[C@H](C)[C@H]1C(=O)CCC(=O)N(C)[C@@H](CC(C)C)C(=O)N[C@@H]([C@@H](C)O)C(=O)N2CCC[C@H]2C(=O)CC(C)(C)C(=O)N[C@H](C(=O)N2CCCCC2)CC(=O)N(C)[C@@H](C)C(=O)N[C@@H](Cc2ccccc2)C(=O)N(C)[C@@H](CC(C)C)C(=O)C[C@@H](CC(C)C)C(=O)N1C. The Morgan fingerprint density at radius 3 is 1.79 bits per heavy atom. The maximum atomic E-state index is 15.1. The molecule has 3 aliphatic rings.